The zero-order valence-corrected chi connectivity index (χ0v) is 18.2. The van der Waals surface area contributed by atoms with Crippen molar-refractivity contribution < 1.29 is 136 Å². The number of phenols is 1. The second-order valence-electron chi connectivity index (χ2n) is 2.01. The maximum absolute atomic E-state index is 10.3. The van der Waals surface area contributed by atoms with E-state index in [1.165, 1.54) is 0 Å². The second-order valence-corrected chi connectivity index (χ2v) is 3.53. The number of phenolic OH excluding ortho intramolecular Hbond substituents is 1. The monoisotopic (exact) mass is 342 g/mol. The van der Waals surface area contributed by atoms with Gasteiger partial charge in [0.2, 0.25) is 0 Å². The van der Waals surface area contributed by atoms with E-state index < -0.39 is 7.60 Å². The molecule has 0 heterocycles. The molecule has 0 fully saturated rings. The second kappa shape index (κ2) is 7.96. The van der Waals surface area contributed by atoms with E-state index in [1.54, 1.807) is 0 Å². The van der Waals surface area contributed by atoms with Gasteiger partial charge in [-0.3, -0.25) is 0 Å². The molecular formula is C6H5O4PRb2. The summed E-state index contributed by atoms with van der Waals surface area (Å²) in [6.07, 6.45) is 0. The van der Waals surface area contributed by atoms with E-state index in [0.717, 1.165) is 24.3 Å². The van der Waals surface area contributed by atoms with Gasteiger partial charge in [-0.2, -0.15) is 0 Å². The van der Waals surface area contributed by atoms with E-state index in [1.807, 2.05) is 0 Å². The van der Waals surface area contributed by atoms with Crippen LogP contribution in [0.2, 0.25) is 0 Å². The van der Waals surface area contributed by atoms with Gasteiger partial charge in [-0.15, -0.1) is 0 Å². The van der Waals surface area contributed by atoms with Gasteiger partial charge < -0.3 is 19.5 Å². The molecule has 0 spiro atoms. The molecule has 0 unspecified atom stereocenters. The number of aromatic hydroxyl groups is 1. The Labute approximate surface area is 174 Å². The average Bonchev–Trinajstić information content (AvgIpc) is 1.86. The molecule has 1 aromatic rings. The van der Waals surface area contributed by atoms with E-state index in [0.29, 0.717) is 0 Å². The van der Waals surface area contributed by atoms with E-state index in [2.05, 4.69) is 0 Å². The standard InChI is InChI=1S/C6H7O4P.2Rb/c7-5-1-3-6(4-2-5)11(8,9)10;;/h1-4,7H,(H2,8,9,10);;/q;2*+1/p-2. The number of hydrogen-bond donors (Lipinski definition) is 1. The smallest absolute Gasteiger partial charge is 0.807 e. The summed E-state index contributed by atoms with van der Waals surface area (Å²) in [5, 5.41) is 8.42. The molecule has 0 aliphatic carbocycles. The Morgan fingerprint density at radius 3 is 1.77 bits per heavy atom. The molecule has 4 nitrogen and oxygen atoms in total. The summed E-state index contributed by atoms with van der Waals surface area (Å²) in [6, 6.07) is 4.43. The van der Waals surface area contributed by atoms with Crippen molar-refractivity contribution in [1.29, 1.82) is 0 Å². The van der Waals surface area contributed by atoms with Crippen molar-refractivity contribution in [2.45, 2.75) is 0 Å². The van der Waals surface area contributed by atoms with Gasteiger partial charge in [0.1, 0.15) is 5.75 Å². The fraction of sp³-hybridized carbons (Fsp3) is 0. The number of benzene rings is 1. The fourth-order valence-corrected chi connectivity index (χ4v) is 1.15. The molecule has 1 rings (SSSR count). The van der Waals surface area contributed by atoms with Crippen molar-refractivity contribution in [2.75, 3.05) is 0 Å². The molecule has 0 aromatic heterocycles. The van der Waals surface area contributed by atoms with Crippen LogP contribution in [0.25, 0.3) is 0 Å². The van der Waals surface area contributed by atoms with Crippen LogP contribution in [-0.4, -0.2) is 5.11 Å². The first-order chi connectivity index (χ1) is 5.00. The van der Waals surface area contributed by atoms with Crippen molar-refractivity contribution in [3.8, 4) is 5.75 Å². The van der Waals surface area contributed by atoms with Crippen molar-refractivity contribution in [3.63, 3.8) is 0 Å². The third-order valence-electron chi connectivity index (χ3n) is 1.17. The van der Waals surface area contributed by atoms with Gasteiger partial charge in [-0.25, -0.2) is 0 Å². The molecule has 1 aromatic carbocycles. The van der Waals surface area contributed by atoms with E-state index in [-0.39, 0.29) is 127 Å². The molecule has 0 aliphatic heterocycles. The molecule has 13 heavy (non-hydrogen) atoms. The summed E-state index contributed by atoms with van der Waals surface area (Å²) < 4.78 is 10.3. The van der Waals surface area contributed by atoms with Crippen molar-refractivity contribution in [2.24, 2.45) is 0 Å². The Hall–Kier alpha value is 2.78. The summed E-state index contributed by atoms with van der Waals surface area (Å²) in [7, 11) is -4.65. The summed E-state index contributed by atoms with van der Waals surface area (Å²) >= 11 is 0. The number of hydrogen-bond acceptors (Lipinski definition) is 4. The van der Waals surface area contributed by atoms with Crippen LogP contribution in [0.15, 0.2) is 24.3 Å². The minimum absolute atomic E-state index is 0. The van der Waals surface area contributed by atoms with Gasteiger partial charge in [0.25, 0.3) is 0 Å². The maximum Gasteiger partial charge on any atom is 1.00 e. The molecule has 0 amide bonds. The normalized spacial score (nSPS) is 9.69. The van der Waals surface area contributed by atoms with Crippen molar-refractivity contribution in [3.05, 3.63) is 24.3 Å². The van der Waals surface area contributed by atoms with Crippen molar-refractivity contribution in [1.82, 2.24) is 0 Å². The van der Waals surface area contributed by atoms with Gasteiger partial charge in [-0.1, -0.05) is 12.1 Å². The molecule has 0 saturated carbocycles. The summed E-state index contributed by atoms with van der Waals surface area (Å²) in [6.45, 7) is 0. The molecule has 0 radical (unpaired) electrons. The summed E-state index contributed by atoms with van der Waals surface area (Å²) in [4.78, 5) is 20.7. The predicted octanol–water partition coefficient (Wildman–Crippen LogP) is -7.06. The first kappa shape index (κ1) is 18.2. The van der Waals surface area contributed by atoms with Gasteiger partial charge in [0, 0.05) is 0 Å². The van der Waals surface area contributed by atoms with Gasteiger partial charge in [0.15, 0.2) is 0 Å². The van der Waals surface area contributed by atoms with Crippen molar-refractivity contribution >= 4 is 12.9 Å². The molecule has 0 aliphatic rings. The SMILES string of the molecule is O=P([O-])([O-])c1ccc(O)cc1.[Rb+].[Rb+]. The molecule has 0 bridgehead atoms. The van der Waals surface area contributed by atoms with Crippen LogP contribution in [0.1, 0.15) is 0 Å². The quantitative estimate of drug-likeness (QED) is 0.514. The van der Waals surface area contributed by atoms with Crippen LogP contribution < -0.4 is 131 Å². The number of rotatable bonds is 1. The van der Waals surface area contributed by atoms with Crippen LogP contribution >= 0.6 is 7.60 Å². The van der Waals surface area contributed by atoms with Crippen LogP contribution in [0.4, 0.5) is 0 Å². The molecule has 0 saturated heterocycles. The van der Waals surface area contributed by atoms with Gasteiger partial charge >= 0.3 is 116 Å². The molecule has 60 valence electrons. The largest absolute Gasteiger partial charge is 1.00 e. The fourth-order valence-electron chi connectivity index (χ4n) is 0.635. The first-order valence-electron chi connectivity index (χ1n) is 2.82. The van der Waals surface area contributed by atoms with E-state index >= 15 is 0 Å². The molecule has 7 heteroatoms. The zero-order valence-electron chi connectivity index (χ0n) is 7.43. The minimum atomic E-state index is -4.65. The Morgan fingerprint density at radius 2 is 1.46 bits per heavy atom. The Bertz CT molecular complexity index is 294. The van der Waals surface area contributed by atoms with Gasteiger partial charge in [-0.05, 0) is 25.0 Å². The first-order valence-corrected chi connectivity index (χ1v) is 4.36. The maximum atomic E-state index is 10.3. The van der Waals surface area contributed by atoms with Crippen LogP contribution in [0, 0.1) is 0 Å². The van der Waals surface area contributed by atoms with E-state index in [9.17, 15) is 14.4 Å². The topological polar surface area (TPSA) is 83.4 Å². The van der Waals surface area contributed by atoms with Crippen LogP contribution in [0.3, 0.4) is 0 Å². The zero-order chi connectivity index (χ0) is 8.48. The molecular weight excluding hydrogens is 338 g/mol. The van der Waals surface area contributed by atoms with Crippen LogP contribution in [0.5, 0.6) is 5.75 Å². The molecule has 0 atom stereocenters. The predicted molar refractivity (Wildman–Crippen MR) is 35.3 cm³/mol. The third kappa shape index (κ3) is 6.84. The molecule has 1 N–H and O–H groups in total. The third-order valence-corrected chi connectivity index (χ3v) is 2.10. The Morgan fingerprint density at radius 1 is 1.08 bits per heavy atom. The van der Waals surface area contributed by atoms with Gasteiger partial charge in [0.05, 0.1) is 0 Å². The summed E-state index contributed by atoms with van der Waals surface area (Å²) in [5.74, 6) is -0.0674. The average molecular weight is 343 g/mol. The van der Waals surface area contributed by atoms with Crippen LogP contribution in [-0.2, 0) is 4.57 Å². The Kier molecular flexibility index (Phi) is 11.1. The van der Waals surface area contributed by atoms with E-state index in [4.69, 9.17) is 5.11 Å². The summed E-state index contributed by atoms with van der Waals surface area (Å²) in [5.41, 5.74) is 0. The minimum Gasteiger partial charge on any atom is -0.807 e. The Balaban J connectivity index is 0.